The molecular weight excluding hydrogens is 214 g/mol. The number of aryl methyl sites for hydroxylation is 1. The van der Waals surface area contributed by atoms with Crippen LogP contribution in [-0.2, 0) is 6.54 Å². The van der Waals surface area contributed by atoms with Crippen LogP contribution >= 0.6 is 0 Å². The molecular formula is C14H23NO2. The van der Waals surface area contributed by atoms with Gasteiger partial charge in [0.15, 0.2) is 0 Å². The highest BCUT2D eigenvalue weighted by Gasteiger charge is 2.20. The summed E-state index contributed by atoms with van der Waals surface area (Å²) < 4.78 is 2.13. The number of carboxylic acid groups (broad SMARTS) is 1. The third kappa shape index (κ3) is 3.11. The van der Waals surface area contributed by atoms with Crippen molar-refractivity contribution in [2.24, 2.45) is 0 Å². The Bertz CT molecular complexity index is 364. The van der Waals surface area contributed by atoms with Crippen LogP contribution in [0.3, 0.4) is 0 Å². The minimum atomic E-state index is -0.804. The summed E-state index contributed by atoms with van der Waals surface area (Å²) in [5.41, 5.74) is 1.49. The summed E-state index contributed by atoms with van der Waals surface area (Å²) in [7, 11) is 0. The van der Waals surface area contributed by atoms with Gasteiger partial charge in [0.1, 0.15) is 0 Å². The second-order valence-electron chi connectivity index (χ2n) is 4.48. The molecule has 3 heteroatoms. The molecule has 0 unspecified atom stereocenters. The minimum absolute atomic E-state index is 0.355. The molecule has 1 N–H and O–H groups in total. The van der Waals surface area contributed by atoms with E-state index in [2.05, 4.69) is 25.3 Å². The van der Waals surface area contributed by atoms with Gasteiger partial charge in [-0.1, -0.05) is 27.2 Å². The lowest BCUT2D eigenvalue weighted by Gasteiger charge is -2.17. The highest BCUT2D eigenvalue weighted by atomic mass is 16.4. The van der Waals surface area contributed by atoms with Crippen molar-refractivity contribution < 1.29 is 9.90 Å². The molecule has 1 rings (SSSR count). The molecule has 17 heavy (non-hydrogen) atoms. The molecule has 3 nitrogen and oxygen atoms in total. The third-order valence-corrected chi connectivity index (χ3v) is 3.36. The van der Waals surface area contributed by atoms with Gasteiger partial charge in [0, 0.05) is 18.4 Å². The number of unbranched alkanes of at least 4 members (excludes halogenated alkanes) is 1. The standard InChI is InChI=1S/C14H23NO2/c1-4-7-9-15-10-8-12(14(16)17)13(15)11(5-2)6-3/h8,10-11H,4-7,9H2,1-3H3,(H,16,17). The van der Waals surface area contributed by atoms with Gasteiger partial charge in [-0.25, -0.2) is 4.79 Å². The van der Waals surface area contributed by atoms with Crippen LogP contribution in [0, 0.1) is 0 Å². The first-order valence-electron chi connectivity index (χ1n) is 6.57. The number of carboxylic acids is 1. The first kappa shape index (κ1) is 13.8. The first-order valence-corrected chi connectivity index (χ1v) is 6.57. The van der Waals surface area contributed by atoms with Crippen LogP contribution < -0.4 is 0 Å². The van der Waals surface area contributed by atoms with Gasteiger partial charge >= 0.3 is 5.97 Å². The van der Waals surface area contributed by atoms with E-state index in [1.54, 1.807) is 6.07 Å². The van der Waals surface area contributed by atoms with Crippen LogP contribution in [0.2, 0.25) is 0 Å². The number of hydrogen-bond donors (Lipinski definition) is 1. The van der Waals surface area contributed by atoms with Gasteiger partial charge in [-0.15, -0.1) is 0 Å². The monoisotopic (exact) mass is 237 g/mol. The molecule has 1 heterocycles. The zero-order chi connectivity index (χ0) is 12.8. The number of hydrogen-bond acceptors (Lipinski definition) is 1. The summed E-state index contributed by atoms with van der Waals surface area (Å²) >= 11 is 0. The van der Waals surface area contributed by atoms with Gasteiger partial charge in [-0.05, 0) is 31.2 Å². The highest BCUT2D eigenvalue weighted by Crippen LogP contribution is 2.27. The fourth-order valence-electron chi connectivity index (χ4n) is 2.32. The first-order chi connectivity index (χ1) is 8.15. The van der Waals surface area contributed by atoms with Gasteiger partial charge in [-0.2, -0.15) is 0 Å². The summed E-state index contributed by atoms with van der Waals surface area (Å²) in [4.78, 5) is 11.2. The Morgan fingerprint density at radius 2 is 2.00 bits per heavy atom. The van der Waals surface area contributed by atoms with Crippen molar-refractivity contribution >= 4 is 5.97 Å². The predicted octanol–water partition coefficient (Wildman–Crippen LogP) is 3.89. The van der Waals surface area contributed by atoms with Crippen LogP contribution in [0.15, 0.2) is 12.3 Å². The van der Waals surface area contributed by atoms with Crippen molar-refractivity contribution in [3.05, 3.63) is 23.5 Å². The Hall–Kier alpha value is -1.25. The number of rotatable bonds is 7. The number of carbonyl (C=O) groups is 1. The molecule has 0 atom stereocenters. The maximum absolute atomic E-state index is 11.2. The average Bonchev–Trinajstić information content (AvgIpc) is 2.72. The van der Waals surface area contributed by atoms with Crippen molar-refractivity contribution in [2.45, 2.75) is 58.9 Å². The smallest absolute Gasteiger partial charge is 0.337 e. The lowest BCUT2D eigenvalue weighted by Crippen LogP contribution is -2.11. The lowest BCUT2D eigenvalue weighted by molar-refractivity contribution is 0.0694. The summed E-state index contributed by atoms with van der Waals surface area (Å²) in [6, 6.07) is 1.74. The van der Waals surface area contributed by atoms with Gasteiger partial charge in [0.2, 0.25) is 0 Å². The van der Waals surface area contributed by atoms with E-state index in [4.69, 9.17) is 0 Å². The highest BCUT2D eigenvalue weighted by molar-refractivity contribution is 5.89. The van der Waals surface area contributed by atoms with E-state index in [1.807, 2.05) is 6.20 Å². The molecule has 0 saturated heterocycles. The third-order valence-electron chi connectivity index (χ3n) is 3.36. The molecule has 1 aromatic rings. The molecule has 0 aliphatic heterocycles. The Balaban J connectivity index is 3.09. The van der Waals surface area contributed by atoms with E-state index in [0.29, 0.717) is 11.5 Å². The topological polar surface area (TPSA) is 42.2 Å². The maximum atomic E-state index is 11.2. The molecule has 0 aromatic carbocycles. The minimum Gasteiger partial charge on any atom is -0.478 e. The quantitative estimate of drug-likeness (QED) is 0.781. The molecule has 0 aliphatic rings. The fourth-order valence-corrected chi connectivity index (χ4v) is 2.32. The summed E-state index contributed by atoms with van der Waals surface area (Å²) in [6.45, 7) is 7.32. The average molecular weight is 237 g/mol. The lowest BCUT2D eigenvalue weighted by atomic mass is 9.96. The van der Waals surface area contributed by atoms with E-state index in [9.17, 15) is 9.90 Å². The van der Waals surface area contributed by atoms with Crippen LogP contribution in [0.25, 0.3) is 0 Å². The molecule has 1 aromatic heterocycles. The SMILES string of the molecule is CCCCn1ccc(C(=O)O)c1C(CC)CC. The van der Waals surface area contributed by atoms with E-state index in [-0.39, 0.29) is 0 Å². The number of nitrogens with zero attached hydrogens (tertiary/aromatic N) is 1. The Morgan fingerprint density at radius 3 is 2.47 bits per heavy atom. The van der Waals surface area contributed by atoms with Crippen LogP contribution in [0.5, 0.6) is 0 Å². The fraction of sp³-hybridized carbons (Fsp3) is 0.643. The molecule has 0 aliphatic carbocycles. The zero-order valence-electron chi connectivity index (χ0n) is 11.1. The van der Waals surface area contributed by atoms with E-state index >= 15 is 0 Å². The van der Waals surface area contributed by atoms with Crippen LogP contribution in [0.1, 0.15) is 68.4 Å². The maximum Gasteiger partial charge on any atom is 0.337 e. The Morgan fingerprint density at radius 1 is 1.35 bits per heavy atom. The zero-order valence-corrected chi connectivity index (χ0v) is 11.1. The van der Waals surface area contributed by atoms with Crippen molar-refractivity contribution in [3.8, 4) is 0 Å². The molecule has 96 valence electrons. The summed E-state index contributed by atoms with van der Waals surface area (Å²) in [6.07, 6.45) is 6.14. The molecule has 0 radical (unpaired) electrons. The molecule has 0 saturated carbocycles. The van der Waals surface area contributed by atoms with Gasteiger partial charge < -0.3 is 9.67 Å². The van der Waals surface area contributed by atoms with Crippen molar-refractivity contribution in [3.63, 3.8) is 0 Å². The Labute approximate surface area is 103 Å². The molecule has 0 fully saturated rings. The molecule has 0 bridgehead atoms. The van der Waals surface area contributed by atoms with E-state index < -0.39 is 5.97 Å². The second kappa shape index (κ2) is 6.48. The number of aromatic nitrogens is 1. The van der Waals surface area contributed by atoms with Crippen molar-refractivity contribution in [1.82, 2.24) is 4.57 Å². The van der Waals surface area contributed by atoms with Gasteiger partial charge in [-0.3, -0.25) is 0 Å². The normalized spacial score (nSPS) is 11.1. The summed E-state index contributed by atoms with van der Waals surface area (Å²) in [5.74, 6) is -0.449. The van der Waals surface area contributed by atoms with Crippen LogP contribution in [-0.4, -0.2) is 15.6 Å². The molecule has 0 spiro atoms. The van der Waals surface area contributed by atoms with E-state index in [1.165, 1.54) is 0 Å². The van der Waals surface area contributed by atoms with E-state index in [0.717, 1.165) is 37.9 Å². The second-order valence-corrected chi connectivity index (χ2v) is 4.48. The predicted molar refractivity (Wildman–Crippen MR) is 69.6 cm³/mol. The Kier molecular flexibility index (Phi) is 5.26. The largest absolute Gasteiger partial charge is 0.478 e. The van der Waals surface area contributed by atoms with Gasteiger partial charge in [0.05, 0.1) is 5.56 Å². The van der Waals surface area contributed by atoms with Crippen molar-refractivity contribution in [1.29, 1.82) is 0 Å². The van der Waals surface area contributed by atoms with Gasteiger partial charge in [0.25, 0.3) is 0 Å². The molecule has 0 amide bonds. The van der Waals surface area contributed by atoms with Crippen LogP contribution in [0.4, 0.5) is 0 Å². The summed E-state index contributed by atoms with van der Waals surface area (Å²) in [5, 5.41) is 9.23. The van der Waals surface area contributed by atoms with Crippen molar-refractivity contribution in [2.75, 3.05) is 0 Å². The number of aromatic carboxylic acids is 1.